The average molecular weight is 276 g/mol. The number of hydrogen-bond donors (Lipinski definition) is 0. The van der Waals surface area contributed by atoms with E-state index < -0.39 is 5.97 Å². The van der Waals surface area contributed by atoms with Crippen LogP contribution < -0.4 is 4.74 Å². The molecular formula is C14H16N2O4. The van der Waals surface area contributed by atoms with Crippen LogP contribution in [0.4, 0.5) is 0 Å². The lowest BCUT2D eigenvalue weighted by molar-refractivity contribution is 0.0508. The lowest BCUT2D eigenvalue weighted by Gasteiger charge is -2.04. The molecule has 0 fully saturated rings. The monoisotopic (exact) mass is 276 g/mol. The number of aromatic nitrogens is 2. The maximum Gasteiger partial charge on any atom is 0.379 e. The van der Waals surface area contributed by atoms with Gasteiger partial charge in [0, 0.05) is 0 Å². The zero-order chi connectivity index (χ0) is 14.4. The minimum Gasteiger partial charge on any atom is -0.493 e. The van der Waals surface area contributed by atoms with E-state index in [0.29, 0.717) is 18.9 Å². The van der Waals surface area contributed by atoms with Gasteiger partial charge in [0.1, 0.15) is 5.75 Å². The molecule has 0 radical (unpaired) electrons. The van der Waals surface area contributed by atoms with Gasteiger partial charge in [-0.3, -0.25) is 0 Å². The van der Waals surface area contributed by atoms with Crippen LogP contribution in [-0.4, -0.2) is 29.3 Å². The topological polar surface area (TPSA) is 74.5 Å². The summed E-state index contributed by atoms with van der Waals surface area (Å²) in [6, 6.07) is 7.75. The number of esters is 1. The van der Waals surface area contributed by atoms with Crippen LogP contribution >= 0.6 is 0 Å². The van der Waals surface area contributed by atoms with Crippen LogP contribution in [0.25, 0.3) is 0 Å². The van der Waals surface area contributed by atoms with Crippen molar-refractivity contribution in [2.24, 2.45) is 0 Å². The van der Waals surface area contributed by atoms with Gasteiger partial charge in [-0.2, -0.15) is 4.98 Å². The minimum absolute atomic E-state index is 0.0580. The zero-order valence-corrected chi connectivity index (χ0v) is 11.5. The second kappa shape index (κ2) is 6.70. The molecule has 0 aliphatic heterocycles. The third-order valence-electron chi connectivity index (χ3n) is 2.50. The Kier molecular flexibility index (Phi) is 4.70. The molecular weight excluding hydrogens is 260 g/mol. The summed E-state index contributed by atoms with van der Waals surface area (Å²) >= 11 is 0. The molecule has 2 rings (SSSR count). The molecule has 2 aromatic rings. The number of hydrogen-bond acceptors (Lipinski definition) is 6. The Morgan fingerprint density at radius 1 is 1.40 bits per heavy atom. The summed E-state index contributed by atoms with van der Waals surface area (Å²) in [4.78, 5) is 15.3. The molecule has 1 aromatic carbocycles. The van der Waals surface area contributed by atoms with Gasteiger partial charge < -0.3 is 14.0 Å². The van der Waals surface area contributed by atoms with Gasteiger partial charge in [0.15, 0.2) is 0 Å². The Hall–Kier alpha value is -2.37. The highest BCUT2D eigenvalue weighted by molar-refractivity contribution is 5.84. The molecule has 0 saturated heterocycles. The number of aryl methyl sites for hydroxylation is 1. The van der Waals surface area contributed by atoms with E-state index in [4.69, 9.17) is 14.0 Å². The van der Waals surface area contributed by atoms with Crippen LogP contribution in [0, 0.1) is 6.92 Å². The highest BCUT2D eigenvalue weighted by atomic mass is 16.5. The summed E-state index contributed by atoms with van der Waals surface area (Å²) < 4.78 is 15.3. The van der Waals surface area contributed by atoms with Gasteiger partial charge >= 0.3 is 5.97 Å². The molecule has 0 amide bonds. The van der Waals surface area contributed by atoms with Crippen molar-refractivity contribution in [3.63, 3.8) is 0 Å². The molecule has 1 aromatic heterocycles. The first-order valence-electron chi connectivity index (χ1n) is 6.38. The summed E-state index contributed by atoms with van der Waals surface area (Å²) in [5.41, 5.74) is 1.13. The fourth-order valence-electron chi connectivity index (χ4n) is 1.60. The van der Waals surface area contributed by atoms with E-state index >= 15 is 0 Å². The van der Waals surface area contributed by atoms with Crippen LogP contribution in [0.1, 0.15) is 29.0 Å². The molecule has 0 atom stereocenters. The van der Waals surface area contributed by atoms with Crippen molar-refractivity contribution in [3.05, 3.63) is 41.5 Å². The van der Waals surface area contributed by atoms with Gasteiger partial charge in [-0.05, 0) is 36.7 Å². The molecule has 106 valence electrons. The highest BCUT2D eigenvalue weighted by Gasteiger charge is 2.15. The predicted molar refractivity (Wildman–Crippen MR) is 70.6 cm³/mol. The van der Waals surface area contributed by atoms with Gasteiger partial charge in [0.25, 0.3) is 5.82 Å². The Balaban J connectivity index is 1.84. The second-order valence-electron chi connectivity index (χ2n) is 4.15. The Morgan fingerprint density at radius 2 is 2.25 bits per heavy atom. The molecule has 0 aliphatic carbocycles. The SMILES string of the molecule is CCOC(=O)c1noc(CCOc2cccc(C)c2)n1. The van der Waals surface area contributed by atoms with Crippen molar-refractivity contribution in [2.75, 3.05) is 13.2 Å². The number of rotatable bonds is 6. The van der Waals surface area contributed by atoms with E-state index in [1.54, 1.807) is 6.92 Å². The second-order valence-corrected chi connectivity index (χ2v) is 4.15. The third kappa shape index (κ3) is 3.81. The molecule has 0 N–H and O–H groups in total. The van der Waals surface area contributed by atoms with Crippen LogP contribution in [-0.2, 0) is 11.2 Å². The third-order valence-corrected chi connectivity index (χ3v) is 2.50. The average Bonchev–Trinajstić information content (AvgIpc) is 2.88. The lowest BCUT2D eigenvalue weighted by atomic mass is 10.2. The normalized spacial score (nSPS) is 10.3. The maximum atomic E-state index is 11.4. The van der Waals surface area contributed by atoms with Crippen molar-refractivity contribution >= 4 is 5.97 Å². The minimum atomic E-state index is -0.581. The summed E-state index contributed by atoms with van der Waals surface area (Å²) in [6.45, 7) is 4.39. The number of ether oxygens (including phenoxy) is 2. The molecule has 0 aliphatic rings. The molecule has 0 bridgehead atoms. The molecule has 0 saturated carbocycles. The van der Waals surface area contributed by atoms with Crippen molar-refractivity contribution in [1.82, 2.24) is 10.1 Å². The molecule has 6 heteroatoms. The molecule has 6 nitrogen and oxygen atoms in total. The van der Waals surface area contributed by atoms with E-state index in [1.165, 1.54) is 0 Å². The predicted octanol–water partition coefficient (Wildman–Crippen LogP) is 2.18. The first kappa shape index (κ1) is 14.0. The number of nitrogens with zero attached hydrogens (tertiary/aromatic N) is 2. The van der Waals surface area contributed by atoms with Crippen molar-refractivity contribution < 1.29 is 18.8 Å². The maximum absolute atomic E-state index is 11.4. The lowest BCUT2D eigenvalue weighted by Crippen LogP contribution is -2.07. The van der Waals surface area contributed by atoms with Gasteiger partial charge in [-0.1, -0.05) is 12.1 Å². The first-order valence-corrected chi connectivity index (χ1v) is 6.38. The fraction of sp³-hybridized carbons (Fsp3) is 0.357. The molecule has 1 heterocycles. The van der Waals surface area contributed by atoms with Crippen LogP contribution in [0.3, 0.4) is 0 Å². The Bertz CT molecular complexity index is 580. The first-order chi connectivity index (χ1) is 9.69. The van der Waals surface area contributed by atoms with Crippen molar-refractivity contribution in [1.29, 1.82) is 0 Å². The number of carbonyl (C=O) groups is 1. The van der Waals surface area contributed by atoms with E-state index in [9.17, 15) is 4.79 Å². The summed E-state index contributed by atoms with van der Waals surface area (Å²) in [6.07, 6.45) is 0.431. The van der Waals surface area contributed by atoms with E-state index in [2.05, 4.69) is 10.1 Å². The van der Waals surface area contributed by atoms with Gasteiger partial charge in [-0.25, -0.2) is 4.79 Å². The highest BCUT2D eigenvalue weighted by Crippen LogP contribution is 2.12. The molecule has 0 unspecified atom stereocenters. The van der Waals surface area contributed by atoms with Crippen LogP contribution in [0.2, 0.25) is 0 Å². The number of carbonyl (C=O) groups excluding carboxylic acids is 1. The van der Waals surface area contributed by atoms with Gasteiger partial charge in [0.2, 0.25) is 5.89 Å². The van der Waals surface area contributed by atoms with E-state index in [-0.39, 0.29) is 12.4 Å². The smallest absolute Gasteiger partial charge is 0.379 e. The summed E-state index contributed by atoms with van der Waals surface area (Å²) in [5.74, 6) is 0.496. The van der Waals surface area contributed by atoms with Crippen LogP contribution in [0.5, 0.6) is 5.75 Å². The van der Waals surface area contributed by atoms with Gasteiger partial charge in [0.05, 0.1) is 19.6 Å². The fourth-order valence-corrected chi connectivity index (χ4v) is 1.60. The standard InChI is InChI=1S/C14H16N2O4/c1-3-18-14(17)13-15-12(20-16-13)7-8-19-11-6-4-5-10(2)9-11/h4-6,9H,3,7-8H2,1-2H3. The van der Waals surface area contributed by atoms with Gasteiger partial charge in [-0.15, -0.1) is 0 Å². The van der Waals surface area contributed by atoms with E-state index in [0.717, 1.165) is 11.3 Å². The quantitative estimate of drug-likeness (QED) is 0.753. The zero-order valence-electron chi connectivity index (χ0n) is 11.5. The van der Waals surface area contributed by atoms with Crippen molar-refractivity contribution in [3.8, 4) is 5.75 Å². The Labute approximate surface area is 116 Å². The number of benzene rings is 1. The van der Waals surface area contributed by atoms with Crippen molar-refractivity contribution in [2.45, 2.75) is 20.3 Å². The largest absolute Gasteiger partial charge is 0.493 e. The summed E-state index contributed by atoms with van der Waals surface area (Å²) in [5, 5.41) is 3.56. The molecule has 20 heavy (non-hydrogen) atoms. The molecule has 0 spiro atoms. The summed E-state index contributed by atoms with van der Waals surface area (Å²) in [7, 11) is 0. The Morgan fingerprint density at radius 3 is 3.00 bits per heavy atom. The van der Waals surface area contributed by atoms with Crippen LogP contribution in [0.15, 0.2) is 28.8 Å². The van der Waals surface area contributed by atoms with E-state index in [1.807, 2.05) is 31.2 Å².